The lowest BCUT2D eigenvalue weighted by Crippen LogP contribution is -2.33. The highest BCUT2D eigenvalue weighted by molar-refractivity contribution is 9.10. The minimum absolute atomic E-state index is 0.222. The Morgan fingerprint density at radius 2 is 1.44 bits per heavy atom. The van der Waals surface area contributed by atoms with Gasteiger partial charge in [0, 0.05) is 13.5 Å². The highest BCUT2D eigenvalue weighted by atomic mass is 79.9. The molecule has 32 heavy (non-hydrogen) atoms. The van der Waals surface area contributed by atoms with Gasteiger partial charge < -0.3 is 0 Å². The molecule has 0 bridgehead atoms. The summed E-state index contributed by atoms with van der Waals surface area (Å²) in [6.45, 7) is 7.03. The summed E-state index contributed by atoms with van der Waals surface area (Å²) in [5.74, 6) is 0. The molecule has 0 spiro atoms. The molecule has 2 aliphatic carbocycles. The third-order valence-electron chi connectivity index (χ3n) is 7.03. The van der Waals surface area contributed by atoms with Gasteiger partial charge in [-0.3, -0.25) is 4.90 Å². The van der Waals surface area contributed by atoms with Gasteiger partial charge in [-0.15, -0.1) is 0 Å². The summed E-state index contributed by atoms with van der Waals surface area (Å²) in [5, 5.41) is 7.32. The van der Waals surface area contributed by atoms with E-state index < -0.39 is 0 Å². The van der Waals surface area contributed by atoms with E-state index in [4.69, 9.17) is 5.26 Å². The smallest absolute Gasteiger partial charge is 0.0587 e. The van der Waals surface area contributed by atoms with Crippen molar-refractivity contribution in [3.05, 3.63) is 70.8 Å². The van der Waals surface area contributed by atoms with E-state index >= 15 is 0 Å². The molecule has 0 unspecified atom stereocenters. The molecule has 0 N–H and O–H groups in total. The Labute approximate surface area is 211 Å². The molecule has 2 aromatic carbocycles. The standard InChI is InChI=1S/C26H33Br2N.C2H3N/c1-2-29(20-21-10-4-3-5-11-21)19-7-12-22-23(25(27)15-8-16-25)13-6-14-24(22)26(28)17-9-18-26;1-2-3/h3-6,10-11,13-14H,2,7-9,12,15-20H2,1H3;1H3. The van der Waals surface area contributed by atoms with Crippen LogP contribution in [0.3, 0.4) is 0 Å². The molecule has 2 aliphatic rings. The molecule has 0 radical (unpaired) electrons. The van der Waals surface area contributed by atoms with E-state index in [0.29, 0.717) is 0 Å². The van der Waals surface area contributed by atoms with Crippen molar-refractivity contribution in [2.75, 3.05) is 13.1 Å². The van der Waals surface area contributed by atoms with E-state index in [0.717, 1.165) is 19.6 Å². The highest BCUT2D eigenvalue weighted by Gasteiger charge is 2.42. The van der Waals surface area contributed by atoms with E-state index in [9.17, 15) is 0 Å². The molecule has 2 fully saturated rings. The zero-order valence-electron chi connectivity index (χ0n) is 19.5. The van der Waals surface area contributed by atoms with Gasteiger partial charge >= 0.3 is 0 Å². The first-order valence-corrected chi connectivity index (χ1v) is 13.6. The molecule has 0 aromatic heterocycles. The lowest BCUT2D eigenvalue weighted by molar-refractivity contribution is 0.275. The van der Waals surface area contributed by atoms with Gasteiger partial charge in [0.05, 0.1) is 14.7 Å². The fraction of sp³-hybridized carbons (Fsp3) is 0.536. The summed E-state index contributed by atoms with van der Waals surface area (Å²) in [6, 6.07) is 19.7. The van der Waals surface area contributed by atoms with Crippen LogP contribution in [0.5, 0.6) is 0 Å². The summed E-state index contributed by atoms with van der Waals surface area (Å²) in [5.41, 5.74) is 6.17. The first-order valence-electron chi connectivity index (χ1n) is 12.0. The third-order valence-corrected chi connectivity index (χ3v) is 9.47. The van der Waals surface area contributed by atoms with Crippen LogP contribution in [0.15, 0.2) is 48.5 Å². The Hall–Kier alpha value is -1.15. The number of alkyl halides is 2. The predicted molar refractivity (Wildman–Crippen MR) is 142 cm³/mol. The van der Waals surface area contributed by atoms with Crippen LogP contribution >= 0.6 is 31.9 Å². The summed E-state index contributed by atoms with van der Waals surface area (Å²) in [7, 11) is 0. The van der Waals surface area contributed by atoms with Crippen molar-refractivity contribution in [1.29, 1.82) is 5.26 Å². The summed E-state index contributed by atoms with van der Waals surface area (Å²) in [6.07, 6.45) is 10.2. The van der Waals surface area contributed by atoms with Gasteiger partial charge in [-0.1, -0.05) is 87.3 Å². The van der Waals surface area contributed by atoms with Crippen LogP contribution in [-0.2, 0) is 21.6 Å². The molecule has 4 rings (SSSR count). The SMILES string of the molecule is CC#N.CCN(CCCc1c(C2(Br)CCC2)cccc1C1(Br)CCC1)Cc1ccccc1. The fourth-order valence-corrected chi connectivity index (χ4v) is 6.74. The molecule has 2 saturated carbocycles. The summed E-state index contributed by atoms with van der Waals surface area (Å²) >= 11 is 8.24. The average Bonchev–Trinajstić information content (AvgIpc) is 2.76. The molecular weight excluding hydrogens is 524 g/mol. The van der Waals surface area contributed by atoms with E-state index in [1.165, 1.54) is 63.9 Å². The van der Waals surface area contributed by atoms with Crippen molar-refractivity contribution >= 4 is 31.9 Å². The Bertz CT molecular complexity index is 857. The minimum Gasteiger partial charge on any atom is -0.299 e. The van der Waals surface area contributed by atoms with Crippen molar-refractivity contribution in [2.45, 2.75) is 80.4 Å². The highest BCUT2D eigenvalue weighted by Crippen LogP contribution is 2.55. The second-order valence-corrected chi connectivity index (χ2v) is 12.2. The van der Waals surface area contributed by atoms with Gasteiger partial charge in [-0.25, -0.2) is 0 Å². The van der Waals surface area contributed by atoms with Gasteiger partial charge in [0.15, 0.2) is 0 Å². The molecule has 0 aliphatic heterocycles. The first kappa shape index (κ1) is 25.5. The van der Waals surface area contributed by atoms with Gasteiger partial charge in [0.25, 0.3) is 0 Å². The molecule has 2 nitrogen and oxygen atoms in total. The van der Waals surface area contributed by atoms with Gasteiger partial charge in [0.1, 0.15) is 0 Å². The second-order valence-electron chi connectivity index (χ2n) is 9.15. The van der Waals surface area contributed by atoms with Crippen molar-refractivity contribution in [1.82, 2.24) is 4.90 Å². The monoisotopic (exact) mass is 558 g/mol. The van der Waals surface area contributed by atoms with Crippen molar-refractivity contribution in [2.24, 2.45) is 0 Å². The van der Waals surface area contributed by atoms with Crippen LogP contribution in [0.4, 0.5) is 0 Å². The lowest BCUT2D eigenvalue weighted by atomic mass is 9.72. The third kappa shape index (κ3) is 6.04. The average molecular weight is 560 g/mol. The van der Waals surface area contributed by atoms with Crippen LogP contribution in [0.1, 0.15) is 81.0 Å². The number of hydrogen-bond donors (Lipinski definition) is 0. The number of rotatable bonds is 9. The van der Waals surface area contributed by atoms with Crippen LogP contribution < -0.4 is 0 Å². The fourth-order valence-electron chi connectivity index (χ4n) is 4.88. The zero-order valence-corrected chi connectivity index (χ0v) is 22.7. The Balaban J connectivity index is 0.000000913. The van der Waals surface area contributed by atoms with Crippen molar-refractivity contribution in [3.63, 3.8) is 0 Å². The number of benzene rings is 2. The van der Waals surface area contributed by atoms with Gasteiger partial charge in [-0.2, -0.15) is 5.26 Å². The van der Waals surface area contributed by atoms with Crippen molar-refractivity contribution in [3.8, 4) is 6.07 Å². The normalized spacial score (nSPS) is 18.0. The lowest BCUT2D eigenvalue weighted by Gasteiger charge is -2.43. The topological polar surface area (TPSA) is 27.0 Å². The molecular formula is C28H36Br2N2. The van der Waals surface area contributed by atoms with E-state index in [-0.39, 0.29) is 8.65 Å². The molecule has 0 amide bonds. The first-order chi connectivity index (χ1) is 15.5. The number of nitriles is 1. The van der Waals surface area contributed by atoms with Crippen LogP contribution in [0.25, 0.3) is 0 Å². The maximum absolute atomic E-state index is 7.32. The van der Waals surface area contributed by atoms with Crippen molar-refractivity contribution < 1.29 is 0 Å². The molecule has 0 heterocycles. The maximum Gasteiger partial charge on any atom is 0.0587 e. The van der Waals surface area contributed by atoms with E-state index in [1.807, 2.05) is 0 Å². The minimum atomic E-state index is 0.222. The molecule has 2 aromatic rings. The Morgan fingerprint density at radius 3 is 1.88 bits per heavy atom. The van der Waals surface area contributed by atoms with Crippen LogP contribution in [0.2, 0.25) is 0 Å². The van der Waals surface area contributed by atoms with Crippen LogP contribution in [0, 0.1) is 11.3 Å². The molecule has 0 saturated heterocycles. The maximum atomic E-state index is 7.32. The number of nitrogens with zero attached hydrogens (tertiary/aromatic N) is 2. The van der Waals surface area contributed by atoms with E-state index in [1.54, 1.807) is 22.8 Å². The largest absolute Gasteiger partial charge is 0.299 e. The quantitative estimate of drug-likeness (QED) is 0.289. The number of halogens is 2. The summed E-state index contributed by atoms with van der Waals surface area (Å²) < 4.78 is 0.444. The molecule has 4 heteroatoms. The van der Waals surface area contributed by atoms with Gasteiger partial charge in [0.2, 0.25) is 0 Å². The van der Waals surface area contributed by atoms with Crippen LogP contribution in [-0.4, -0.2) is 18.0 Å². The van der Waals surface area contributed by atoms with E-state index in [2.05, 4.69) is 92.2 Å². The zero-order chi connectivity index (χ0) is 23.0. The number of hydrogen-bond acceptors (Lipinski definition) is 2. The van der Waals surface area contributed by atoms with Gasteiger partial charge in [-0.05, 0) is 86.7 Å². The Kier molecular flexibility index (Phi) is 9.41. The second kappa shape index (κ2) is 11.8. The summed E-state index contributed by atoms with van der Waals surface area (Å²) in [4.78, 5) is 2.58. The Morgan fingerprint density at radius 1 is 0.906 bits per heavy atom. The predicted octanol–water partition coefficient (Wildman–Crippen LogP) is 8.22. The molecule has 0 atom stereocenters. The molecule has 172 valence electrons.